The summed E-state index contributed by atoms with van der Waals surface area (Å²) in [6.45, 7) is 3.45. The molecule has 0 N–H and O–H groups in total. The van der Waals surface area contributed by atoms with Crippen LogP contribution in [0, 0.1) is 17.3 Å². The van der Waals surface area contributed by atoms with Crippen molar-refractivity contribution >= 4 is 11.8 Å². The van der Waals surface area contributed by atoms with Gasteiger partial charge in [-0.15, -0.1) is 11.8 Å². The second-order valence-electron chi connectivity index (χ2n) is 3.13. The molecule has 0 aromatic heterocycles. The summed E-state index contributed by atoms with van der Waals surface area (Å²) in [5.74, 6) is 4.90. The lowest BCUT2D eigenvalue weighted by Crippen LogP contribution is -2.33. The van der Waals surface area contributed by atoms with Gasteiger partial charge in [-0.3, -0.25) is 9.59 Å². The number of Topliss-reactive ketones (excluding diaryl/α,β-unsaturated/α-hetero) is 1. The molecule has 1 aliphatic heterocycles. The highest BCUT2D eigenvalue weighted by atomic mass is 16.5. The van der Waals surface area contributed by atoms with Gasteiger partial charge < -0.3 is 4.74 Å². The van der Waals surface area contributed by atoms with Crippen molar-refractivity contribution in [3.63, 3.8) is 0 Å². The van der Waals surface area contributed by atoms with Crippen molar-refractivity contribution in [2.75, 3.05) is 6.61 Å². The first-order chi connectivity index (χ1) is 6.13. The minimum Gasteiger partial charge on any atom is -0.465 e. The molecule has 0 bridgehead atoms. The van der Waals surface area contributed by atoms with Crippen molar-refractivity contribution in [2.24, 2.45) is 5.41 Å². The van der Waals surface area contributed by atoms with Gasteiger partial charge in [-0.05, 0) is 13.8 Å². The quantitative estimate of drug-likeness (QED) is 0.360. The van der Waals surface area contributed by atoms with E-state index in [2.05, 4.69) is 11.8 Å². The molecule has 70 valence electrons. The van der Waals surface area contributed by atoms with E-state index < -0.39 is 11.4 Å². The topological polar surface area (TPSA) is 43.4 Å². The van der Waals surface area contributed by atoms with Crippen molar-refractivity contribution in [1.82, 2.24) is 0 Å². The fourth-order valence-electron chi connectivity index (χ4n) is 1.40. The molecule has 0 spiro atoms. The first kappa shape index (κ1) is 9.79. The van der Waals surface area contributed by atoms with Crippen molar-refractivity contribution in [1.29, 1.82) is 0 Å². The molecule has 1 heterocycles. The first-order valence-electron chi connectivity index (χ1n) is 4.21. The van der Waals surface area contributed by atoms with E-state index in [1.165, 1.54) is 6.92 Å². The third-order valence-electron chi connectivity index (χ3n) is 2.39. The number of hydrogen-bond donors (Lipinski definition) is 0. The first-order valence-corrected chi connectivity index (χ1v) is 4.21. The van der Waals surface area contributed by atoms with E-state index >= 15 is 0 Å². The number of rotatable bonds is 2. The molecule has 0 radical (unpaired) electrons. The number of ether oxygens (including phenoxy) is 1. The van der Waals surface area contributed by atoms with Crippen LogP contribution in [0.15, 0.2) is 0 Å². The van der Waals surface area contributed by atoms with Crippen LogP contribution >= 0.6 is 0 Å². The maximum absolute atomic E-state index is 11.3. The number of carbonyl (C=O) groups excluding carboxylic acids is 2. The zero-order valence-corrected chi connectivity index (χ0v) is 7.85. The number of cyclic esters (lactones) is 1. The third-order valence-corrected chi connectivity index (χ3v) is 2.39. The zero-order valence-electron chi connectivity index (χ0n) is 7.85. The molecule has 0 aromatic rings. The molecule has 3 nitrogen and oxygen atoms in total. The van der Waals surface area contributed by atoms with Crippen LogP contribution in [-0.4, -0.2) is 18.4 Å². The summed E-state index contributed by atoms with van der Waals surface area (Å²) in [6, 6.07) is 0. The van der Waals surface area contributed by atoms with Crippen LogP contribution in [-0.2, 0) is 14.3 Å². The molecule has 1 aliphatic rings. The molecule has 1 saturated heterocycles. The monoisotopic (exact) mass is 180 g/mol. The number of esters is 1. The van der Waals surface area contributed by atoms with Crippen molar-refractivity contribution in [3.05, 3.63) is 0 Å². The van der Waals surface area contributed by atoms with Crippen LogP contribution in [0.5, 0.6) is 0 Å². The van der Waals surface area contributed by atoms with Crippen molar-refractivity contribution < 1.29 is 14.3 Å². The molecule has 0 aromatic carbocycles. The standard InChI is InChI=1S/C10H12O3/c1-3-4-5-10(8(2)11)6-7-13-9(10)12/h5-7H2,1-2H3. The lowest BCUT2D eigenvalue weighted by Gasteiger charge is -2.17. The lowest BCUT2D eigenvalue weighted by molar-refractivity contribution is -0.150. The second kappa shape index (κ2) is 3.61. The molecule has 13 heavy (non-hydrogen) atoms. The van der Waals surface area contributed by atoms with E-state index in [1.54, 1.807) is 6.92 Å². The van der Waals surface area contributed by atoms with E-state index in [0.717, 1.165) is 0 Å². The molecule has 1 fully saturated rings. The zero-order chi connectivity index (χ0) is 9.90. The smallest absolute Gasteiger partial charge is 0.320 e. The summed E-state index contributed by atoms with van der Waals surface area (Å²) in [6.07, 6.45) is 0.757. The molecule has 0 saturated carbocycles. The Bertz CT molecular complexity index is 295. The van der Waals surface area contributed by atoms with E-state index in [9.17, 15) is 9.59 Å². The van der Waals surface area contributed by atoms with Gasteiger partial charge in [0.15, 0.2) is 0 Å². The van der Waals surface area contributed by atoms with Crippen LogP contribution in [0.2, 0.25) is 0 Å². The maximum atomic E-state index is 11.3. The lowest BCUT2D eigenvalue weighted by atomic mass is 9.80. The summed E-state index contributed by atoms with van der Waals surface area (Å²) in [5, 5.41) is 0. The molecule has 1 rings (SSSR count). The molecule has 0 aliphatic carbocycles. The summed E-state index contributed by atoms with van der Waals surface area (Å²) < 4.78 is 4.80. The molecular weight excluding hydrogens is 168 g/mol. The van der Waals surface area contributed by atoms with Gasteiger partial charge in [-0.1, -0.05) is 0 Å². The Balaban J connectivity index is 2.91. The van der Waals surface area contributed by atoms with Gasteiger partial charge in [0.2, 0.25) is 0 Å². The van der Waals surface area contributed by atoms with Crippen LogP contribution in [0.4, 0.5) is 0 Å². The summed E-state index contributed by atoms with van der Waals surface area (Å²) in [7, 11) is 0. The SMILES string of the molecule is CC#CCC1(C(C)=O)CCOC1=O. The fraction of sp³-hybridized carbons (Fsp3) is 0.600. The summed E-state index contributed by atoms with van der Waals surface area (Å²) in [5.41, 5.74) is -0.969. The Morgan fingerprint density at radius 1 is 1.69 bits per heavy atom. The average molecular weight is 180 g/mol. The predicted octanol–water partition coefficient (Wildman–Crippen LogP) is 0.922. The maximum Gasteiger partial charge on any atom is 0.320 e. The highest BCUT2D eigenvalue weighted by Gasteiger charge is 2.48. The Morgan fingerprint density at radius 2 is 2.38 bits per heavy atom. The van der Waals surface area contributed by atoms with Gasteiger partial charge in [-0.25, -0.2) is 0 Å². The minimum atomic E-state index is -0.969. The van der Waals surface area contributed by atoms with Crippen molar-refractivity contribution in [3.8, 4) is 11.8 Å². The van der Waals surface area contributed by atoms with Crippen LogP contribution < -0.4 is 0 Å². The number of carbonyl (C=O) groups is 2. The van der Waals surface area contributed by atoms with Crippen LogP contribution in [0.3, 0.4) is 0 Å². The molecule has 3 heteroatoms. The Labute approximate surface area is 77.5 Å². The van der Waals surface area contributed by atoms with E-state index in [-0.39, 0.29) is 12.2 Å². The Kier molecular flexibility index (Phi) is 2.72. The van der Waals surface area contributed by atoms with Gasteiger partial charge in [0.1, 0.15) is 11.2 Å². The normalized spacial score (nSPS) is 26.2. The largest absolute Gasteiger partial charge is 0.465 e. The van der Waals surface area contributed by atoms with Crippen LogP contribution in [0.1, 0.15) is 26.7 Å². The van der Waals surface area contributed by atoms with Gasteiger partial charge in [-0.2, -0.15) is 0 Å². The second-order valence-corrected chi connectivity index (χ2v) is 3.13. The van der Waals surface area contributed by atoms with Gasteiger partial charge in [0.25, 0.3) is 0 Å². The third kappa shape index (κ3) is 1.57. The van der Waals surface area contributed by atoms with E-state index in [4.69, 9.17) is 4.74 Å². The van der Waals surface area contributed by atoms with E-state index in [0.29, 0.717) is 13.0 Å². The van der Waals surface area contributed by atoms with Crippen LogP contribution in [0.25, 0.3) is 0 Å². The highest BCUT2D eigenvalue weighted by molar-refractivity contribution is 6.04. The number of hydrogen-bond acceptors (Lipinski definition) is 3. The minimum absolute atomic E-state index is 0.141. The van der Waals surface area contributed by atoms with E-state index in [1.807, 2.05) is 0 Å². The predicted molar refractivity (Wildman–Crippen MR) is 46.8 cm³/mol. The summed E-state index contributed by atoms with van der Waals surface area (Å²) >= 11 is 0. The van der Waals surface area contributed by atoms with Gasteiger partial charge in [0, 0.05) is 12.8 Å². The molecule has 1 unspecified atom stereocenters. The molecule has 1 atom stereocenters. The fourth-order valence-corrected chi connectivity index (χ4v) is 1.40. The van der Waals surface area contributed by atoms with Crippen molar-refractivity contribution in [2.45, 2.75) is 26.7 Å². The Morgan fingerprint density at radius 3 is 2.77 bits per heavy atom. The summed E-state index contributed by atoms with van der Waals surface area (Å²) in [4.78, 5) is 22.6. The average Bonchev–Trinajstić information content (AvgIpc) is 2.45. The molecule has 0 amide bonds. The molecular formula is C10H12O3. The van der Waals surface area contributed by atoms with Gasteiger partial charge in [0.05, 0.1) is 6.61 Å². The highest BCUT2D eigenvalue weighted by Crippen LogP contribution is 2.34. The Hall–Kier alpha value is -1.30. The number of ketones is 1. The van der Waals surface area contributed by atoms with Gasteiger partial charge >= 0.3 is 5.97 Å².